The van der Waals surface area contributed by atoms with Crippen LogP contribution in [0.2, 0.25) is 0 Å². The SMILES string of the molecule is NC=C1CNc2ccccc21. The van der Waals surface area contributed by atoms with E-state index >= 15 is 0 Å². The molecular weight excluding hydrogens is 136 g/mol. The number of para-hydroxylation sites is 1. The van der Waals surface area contributed by atoms with Gasteiger partial charge in [-0.2, -0.15) is 0 Å². The monoisotopic (exact) mass is 146 g/mol. The predicted octanol–water partition coefficient (Wildman–Crippen LogP) is 1.41. The van der Waals surface area contributed by atoms with E-state index in [1.807, 2.05) is 12.1 Å². The summed E-state index contributed by atoms with van der Waals surface area (Å²) >= 11 is 0. The fourth-order valence-electron chi connectivity index (χ4n) is 1.35. The van der Waals surface area contributed by atoms with E-state index in [0.29, 0.717) is 0 Å². The third-order valence-corrected chi connectivity index (χ3v) is 1.94. The van der Waals surface area contributed by atoms with E-state index < -0.39 is 0 Å². The van der Waals surface area contributed by atoms with Crippen molar-refractivity contribution in [3.63, 3.8) is 0 Å². The molecule has 3 N–H and O–H groups in total. The molecule has 2 nitrogen and oxygen atoms in total. The van der Waals surface area contributed by atoms with Crippen LogP contribution in [0, 0.1) is 0 Å². The Hall–Kier alpha value is -1.44. The number of anilines is 1. The summed E-state index contributed by atoms with van der Waals surface area (Å²) < 4.78 is 0. The van der Waals surface area contributed by atoms with Gasteiger partial charge in [-0.15, -0.1) is 0 Å². The van der Waals surface area contributed by atoms with E-state index in [4.69, 9.17) is 5.73 Å². The number of hydrogen-bond donors (Lipinski definition) is 2. The highest BCUT2D eigenvalue weighted by Gasteiger charge is 2.12. The molecule has 0 atom stereocenters. The van der Waals surface area contributed by atoms with Crippen LogP contribution in [-0.2, 0) is 0 Å². The zero-order chi connectivity index (χ0) is 7.68. The lowest BCUT2D eigenvalue weighted by molar-refractivity contribution is 1.42. The minimum Gasteiger partial charge on any atom is -0.404 e. The number of fused-ring (bicyclic) bond motifs is 1. The molecule has 1 aromatic carbocycles. The fourth-order valence-corrected chi connectivity index (χ4v) is 1.35. The molecule has 2 rings (SSSR count). The Bertz CT molecular complexity index is 302. The quantitative estimate of drug-likeness (QED) is 0.580. The molecule has 11 heavy (non-hydrogen) atoms. The van der Waals surface area contributed by atoms with Crippen LogP contribution in [0.25, 0.3) is 5.57 Å². The third-order valence-electron chi connectivity index (χ3n) is 1.94. The van der Waals surface area contributed by atoms with Gasteiger partial charge in [-0.25, -0.2) is 0 Å². The molecule has 1 heterocycles. The lowest BCUT2D eigenvalue weighted by Gasteiger charge is -1.95. The van der Waals surface area contributed by atoms with Gasteiger partial charge < -0.3 is 11.1 Å². The largest absolute Gasteiger partial charge is 0.404 e. The van der Waals surface area contributed by atoms with Gasteiger partial charge in [0.25, 0.3) is 0 Å². The second kappa shape index (κ2) is 2.31. The predicted molar refractivity (Wildman–Crippen MR) is 47.1 cm³/mol. The molecule has 0 radical (unpaired) electrons. The fraction of sp³-hybridized carbons (Fsp3) is 0.111. The first-order valence-corrected chi connectivity index (χ1v) is 3.66. The molecule has 0 unspecified atom stereocenters. The van der Waals surface area contributed by atoms with Crippen molar-refractivity contribution in [3.8, 4) is 0 Å². The van der Waals surface area contributed by atoms with Crippen LogP contribution in [0.5, 0.6) is 0 Å². The third kappa shape index (κ3) is 0.871. The molecule has 1 aromatic rings. The maximum Gasteiger partial charge on any atom is 0.0421 e. The number of hydrogen-bond acceptors (Lipinski definition) is 2. The van der Waals surface area contributed by atoms with Gasteiger partial charge in [0.05, 0.1) is 0 Å². The lowest BCUT2D eigenvalue weighted by Crippen LogP contribution is -1.93. The van der Waals surface area contributed by atoms with Crippen LogP contribution in [-0.4, -0.2) is 6.54 Å². The summed E-state index contributed by atoms with van der Waals surface area (Å²) in [4.78, 5) is 0. The molecular formula is C9H10N2. The highest BCUT2D eigenvalue weighted by Crippen LogP contribution is 2.28. The van der Waals surface area contributed by atoms with Crippen LogP contribution >= 0.6 is 0 Å². The Morgan fingerprint density at radius 3 is 3.00 bits per heavy atom. The van der Waals surface area contributed by atoms with Crippen molar-refractivity contribution < 1.29 is 0 Å². The van der Waals surface area contributed by atoms with Crippen molar-refractivity contribution in [2.75, 3.05) is 11.9 Å². The summed E-state index contributed by atoms with van der Waals surface area (Å²) in [6.07, 6.45) is 1.67. The van der Waals surface area contributed by atoms with Crippen LogP contribution in [0.3, 0.4) is 0 Å². The summed E-state index contributed by atoms with van der Waals surface area (Å²) in [6, 6.07) is 8.18. The van der Waals surface area contributed by atoms with Crippen LogP contribution in [0.4, 0.5) is 5.69 Å². The van der Waals surface area contributed by atoms with E-state index in [2.05, 4.69) is 17.4 Å². The van der Waals surface area contributed by atoms with Gasteiger partial charge in [0.2, 0.25) is 0 Å². The molecule has 0 aromatic heterocycles. The highest BCUT2D eigenvalue weighted by molar-refractivity contribution is 5.83. The zero-order valence-corrected chi connectivity index (χ0v) is 6.17. The Morgan fingerprint density at radius 1 is 1.36 bits per heavy atom. The standard InChI is InChI=1S/C9H10N2/c10-5-7-6-11-9-4-2-1-3-8(7)9/h1-5,11H,6,10H2. The van der Waals surface area contributed by atoms with Crippen LogP contribution in [0.1, 0.15) is 5.56 Å². The number of rotatable bonds is 0. The maximum absolute atomic E-state index is 5.45. The lowest BCUT2D eigenvalue weighted by atomic mass is 10.1. The first-order chi connectivity index (χ1) is 5.42. The van der Waals surface area contributed by atoms with Crippen LogP contribution in [0.15, 0.2) is 30.5 Å². The number of benzene rings is 1. The minimum atomic E-state index is 0.857. The van der Waals surface area contributed by atoms with Crippen LogP contribution < -0.4 is 11.1 Å². The molecule has 0 bridgehead atoms. The molecule has 0 saturated heterocycles. The Morgan fingerprint density at radius 2 is 2.18 bits per heavy atom. The van der Waals surface area contributed by atoms with Crippen molar-refractivity contribution in [1.82, 2.24) is 0 Å². The van der Waals surface area contributed by atoms with Gasteiger partial charge in [0.1, 0.15) is 0 Å². The van der Waals surface area contributed by atoms with Gasteiger partial charge in [-0.05, 0) is 17.8 Å². The van der Waals surface area contributed by atoms with Gasteiger partial charge >= 0.3 is 0 Å². The van der Waals surface area contributed by atoms with E-state index in [-0.39, 0.29) is 0 Å². The van der Waals surface area contributed by atoms with E-state index in [9.17, 15) is 0 Å². The minimum absolute atomic E-state index is 0.857. The number of nitrogens with one attached hydrogen (secondary N) is 1. The highest BCUT2D eigenvalue weighted by atomic mass is 14.9. The molecule has 1 aliphatic heterocycles. The summed E-state index contributed by atoms with van der Waals surface area (Å²) in [5, 5.41) is 3.25. The first kappa shape index (κ1) is 6.28. The second-order valence-corrected chi connectivity index (χ2v) is 2.59. The Balaban J connectivity index is 2.55. The summed E-state index contributed by atoms with van der Waals surface area (Å²) in [7, 11) is 0. The van der Waals surface area contributed by atoms with Crippen molar-refractivity contribution >= 4 is 11.3 Å². The average molecular weight is 146 g/mol. The topological polar surface area (TPSA) is 38.0 Å². The second-order valence-electron chi connectivity index (χ2n) is 2.59. The smallest absolute Gasteiger partial charge is 0.0421 e. The van der Waals surface area contributed by atoms with E-state index in [1.54, 1.807) is 6.20 Å². The summed E-state index contributed by atoms with van der Waals surface area (Å²) in [6.45, 7) is 0.857. The average Bonchev–Trinajstić information content (AvgIpc) is 2.47. The molecule has 1 aliphatic rings. The van der Waals surface area contributed by atoms with Crippen molar-refractivity contribution in [1.29, 1.82) is 0 Å². The van der Waals surface area contributed by atoms with Gasteiger partial charge in [0.15, 0.2) is 0 Å². The summed E-state index contributed by atoms with van der Waals surface area (Å²) in [5.74, 6) is 0. The Labute approximate surface area is 65.7 Å². The number of nitrogens with two attached hydrogens (primary N) is 1. The van der Waals surface area contributed by atoms with Gasteiger partial charge in [-0.1, -0.05) is 18.2 Å². The molecule has 0 amide bonds. The van der Waals surface area contributed by atoms with Gasteiger partial charge in [0, 0.05) is 17.8 Å². The molecule has 0 saturated carbocycles. The molecule has 0 fully saturated rings. The molecule has 56 valence electrons. The Kier molecular flexibility index (Phi) is 1.32. The van der Waals surface area contributed by atoms with Crippen molar-refractivity contribution in [2.24, 2.45) is 5.73 Å². The molecule has 0 aliphatic carbocycles. The first-order valence-electron chi connectivity index (χ1n) is 3.66. The van der Waals surface area contributed by atoms with Crippen molar-refractivity contribution in [2.45, 2.75) is 0 Å². The van der Waals surface area contributed by atoms with E-state index in [1.165, 1.54) is 16.8 Å². The zero-order valence-electron chi connectivity index (χ0n) is 6.17. The normalized spacial score (nSPS) is 18.0. The van der Waals surface area contributed by atoms with Gasteiger partial charge in [-0.3, -0.25) is 0 Å². The molecule has 0 spiro atoms. The van der Waals surface area contributed by atoms with Crippen molar-refractivity contribution in [3.05, 3.63) is 36.0 Å². The summed E-state index contributed by atoms with van der Waals surface area (Å²) in [5.41, 5.74) is 9.04. The van der Waals surface area contributed by atoms with E-state index in [0.717, 1.165) is 6.54 Å². The maximum atomic E-state index is 5.45. The molecule has 2 heteroatoms.